The van der Waals surface area contributed by atoms with Crippen LogP contribution in [0, 0.1) is 0 Å². The van der Waals surface area contributed by atoms with Crippen LogP contribution in [0.25, 0.3) is 10.9 Å². The number of carbonyl (C=O) groups is 1. The summed E-state index contributed by atoms with van der Waals surface area (Å²) in [7, 11) is -1.06. The molecule has 0 bridgehead atoms. The van der Waals surface area contributed by atoms with Gasteiger partial charge in [0.25, 0.3) is 0 Å². The van der Waals surface area contributed by atoms with Crippen LogP contribution in [-0.2, 0) is 27.6 Å². The highest BCUT2D eigenvalue weighted by Crippen LogP contribution is 2.34. The van der Waals surface area contributed by atoms with Crippen molar-refractivity contribution in [3.63, 3.8) is 0 Å². The number of rotatable bonds is 6. The molecule has 2 heterocycles. The first-order chi connectivity index (χ1) is 16.6. The van der Waals surface area contributed by atoms with Crippen LogP contribution in [0.5, 0.6) is 11.5 Å². The molecule has 1 unspecified atom stereocenters. The number of pyridine rings is 1. The lowest BCUT2D eigenvalue weighted by Gasteiger charge is -2.18. The van der Waals surface area contributed by atoms with E-state index in [0.29, 0.717) is 22.9 Å². The van der Waals surface area contributed by atoms with Crippen LogP contribution in [0.15, 0.2) is 66.0 Å². The Bertz CT molecular complexity index is 1350. The molecule has 0 radical (unpaired) electrons. The highest BCUT2D eigenvalue weighted by Gasteiger charge is 2.13. The molecule has 0 aliphatic carbocycles. The topological polar surface area (TPSA) is 86.1 Å². The number of benzene rings is 2. The van der Waals surface area contributed by atoms with Gasteiger partial charge in [-0.15, -0.1) is 0 Å². The predicted molar refractivity (Wildman–Crippen MR) is 142 cm³/mol. The first-order valence-electron chi connectivity index (χ1n) is 11.1. The number of ether oxygens (including phenoxy) is 1. The van der Waals surface area contributed by atoms with E-state index in [9.17, 15) is 9.00 Å². The Morgan fingerprint density at radius 3 is 2.51 bits per heavy atom. The Kier molecular flexibility index (Phi) is 8.64. The third-order valence-corrected chi connectivity index (χ3v) is 6.34. The minimum absolute atomic E-state index is 0.0389. The third kappa shape index (κ3) is 6.90. The number of amides is 1. The number of carbonyl (C=O) groups excluding carboxylic acids is 1. The van der Waals surface area contributed by atoms with E-state index in [1.54, 1.807) is 35.6 Å². The number of nitrogens with one attached hydrogen (secondary N) is 1. The summed E-state index contributed by atoms with van der Waals surface area (Å²) in [5.41, 5.74) is 2.63. The van der Waals surface area contributed by atoms with Crippen molar-refractivity contribution >= 4 is 45.4 Å². The fourth-order valence-corrected chi connectivity index (χ4v) is 3.95. The van der Waals surface area contributed by atoms with Gasteiger partial charge in [-0.25, -0.2) is 0 Å². The lowest BCUT2D eigenvalue weighted by molar-refractivity contribution is -0.105. The molecule has 4 aromatic rings. The molecule has 0 saturated carbocycles. The zero-order valence-corrected chi connectivity index (χ0v) is 22.0. The molecule has 9 heteroatoms. The van der Waals surface area contributed by atoms with Crippen molar-refractivity contribution in [2.75, 3.05) is 11.6 Å². The summed E-state index contributed by atoms with van der Waals surface area (Å²) in [5.74, 6) is 1.24. The molecule has 0 spiro atoms. The molecule has 0 fully saturated rings. The van der Waals surface area contributed by atoms with Crippen molar-refractivity contribution < 1.29 is 13.7 Å². The Morgan fingerprint density at radius 1 is 1.14 bits per heavy atom. The van der Waals surface area contributed by atoms with Gasteiger partial charge in [0.1, 0.15) is 11.5 Å². The van der Waals surface area contributed by atoms with Gasteiger partial charge in [-0.3, -0.25) is 18.7 Å². The summed E-state index contributed by atoms with van der Waals surface area (Å²) >= 11 is 6.30. The van der Waals surface area contributed by atoms with Gasteiger partial charge in [-0.1, -0.05) is 24.6 Å². The van der Waals surface area contributed by atoms with Gasteiger partial charge < -0.3 is 10.1 Å². The van der Waals surface area contributed by atoms with Crippen molar-refractivity contribution in [1.82, 2.24) is 14.8 Å². The predicted octanol–water partition coefficient (Wildman–Crippen LogP) is 6.19. The van der Waals surface area contributed by atoms with E-state index in [0.717, 1.165) is 33.5 Å². The van der Waals surface area contributed by atoms with Crippen molar-refractivity contribution in [3.8, 4) is 11.5 Å². The molecule has 1 amide bonds. The van der Waals surface area contributed by atoms with Gasteiger partial charge in [-0.05, 0) is 69.2 Å². The molecule has 0 saturated heterocycles. The van der Waals surface area contributed by atoms with Crippen molar-refractivity contribution in [1.29, 1.82) is 0 Å². The lowest BCUT2D eigenvalue weighted by Crippen LogP contribution is -2.21. The molecule has 0 aliphatic heterocycles. The molecule has 184 valence electrons. The molecule has 2 aromatic heterocycles. The van der Waals surface area contributed by atoms with E-state index in [1.165, 1.54) is 0 Å². The molecule has 0 aliphatic rings. The normalized spacial score (nSPS) is 11.9. The highest BCUT2D eigenvalue weighted by atomic mass is 35.5. The maximum absolute atomic E-state index is 11.7. The van der Waals surface area contributed by atoms with Crippen LogP contribution < -0.4 is 10.1 Å². The maximum Gasteiger partial charge on any atom is 0.211 e. The average molecular weight is 513 g/mol. The minimum Gasteiger partial charge on any atom is -0.455 e. The van der Waals surface area contributed by atoms with Crippen molar-refractivity contribution in [2.45, 2.75) is 44.6 Å². The quantitative estimate of drug-likeness (QED) is 0.311. The second-order valence-corrected chi connectivity index (χ2v) is 10.6. The fourth-order valence-electron chi connectivity index (χ4n) is 3.17. The number of aryl methyl sites for hydroxylation is 1. The van der Waals surface area contributed by atoms with Crippen molar-refractivity contribution in [2.24, 2.45) is 0 Å². The number of aromatic nitrogens is 3. The average Bonchev–Trinajstić information content (AvgIpc) is 3.30. The van der Waals surface area contributed by atoms with E-state index in [1.807, 2.05) is 57.2 Å². The molecule has 2 aromatic carbocycles. The smallest absolute Gasteiger partial charge is 0.211 e. The summed E-state index contributed by atoms with van der Waals surface area (Å²) < 4.78 is 19.5. The van der Waals surface area contributed by atoms with E-state index in [4.69, 9.17) is 16.3 Å². The number of hydrogen-bond acceptors (Lipinski definition) is 5. The van der Waals surface area contributed by atoms with Crippen LogP contribution in [-0.4, -0.2) is 31.6 Å². The largest absolute Gasteiger partial charge is 0.455 e. The first kappa shape index (κ1) is 26.4. The molecular formula is C26H29ClN4O3S. The molecule has 4 rings (SSSR count). The molecule has 7 nitrogen and oxygen atoms in total. The summed E-state index contributed by atoms with van der Waals surface area (Å²) in [6.45, 7) is 8.22. The molecule has 1 N–H and O–H groups in total. The van der Waals surface area contributed by atoms with Crippen LogP contribution in [0.3, 0.4) is 0 Å². The first-order valence-corrected chi connectivity index (χ1v) is 13.0. The highest BCUT2D eigenvalue weighted by molar-refractivity contribution is 7.84. The zero-order chi connectivity index (χ0) is 25.6. The Labute approximate surface area is 212 Å². The van der Waals surface area contributed by atoms with Crippen molar-refractivity contribution in [3.05, 3.63) is 71.6 Å². The standard InChI is InChI=1S/C18H16ClNO2S.C8H13N3O/c1-3-12-4-7-18(15(19)10-12)22-17-8-9-20-16-6-5-13(23(2)21)11-14(16)17;1-8(2,3)11-5-7(4-10-11)9-6-12/h4-11H,3H2,1-2H3;4-6H,1-3H3,(H,9,12). The minimum atomic E-state index is -1.06. The SMILES string of the molecule is CC(C)(C)n1cc(NC=O)cn1.CCc1ccc(Oc2ccnc3ccc(S(C)=O)cc23)c(Cl)c1. The van der Waals surface area contributed by atoms with Gasteiger partial charge in [0, 0.05) is 39.7 Å². The summed E-state index contributed by atoms with van der Waals surface area (Å²) in [5, 5.41) is 8.03. The zero-order valence-electron chi connectivity index (χ0n) is 20.4. The second kappa shape index (κ2) is 11.5. The maximum atomic E-state index is 11.7. The van der Waals surface area contributed by atoms with Gasteiger partial charge in [0.2, 0.25) is 6.41 Å². The van der Waals surface area contributed by atoms with E-state index < -0.39 is 10.8 Å². The monoisotopic (exact) mass is 512 g/mol. The van der Waals surface area contributed by atoms with E-state index in [-0.39, 0.29) is 5.54 Å². The number of halogens is 1. The Hall–Kier alpha value is -3.23. The van der Waals surface area contributed by atoms with Crippen LogP contribution in [0.1, 0.15) is 33.3 Å². The summed E-state index contributed by atoms with van der Waals surface area (Å²) in [6, 6.07) is 13.1. The number of fused-ring (bicyclic) bond motifs is 1. The van der Waals surface area contributed by atoms with Crippen LogP contribution in [0.2, 0.25) is 5.02 Å². The van der Waals surface area contributed by atoms with Crippen LogP contribution in [0.4, 0.5) is 5.69 Å². The fraction of sp³-hybridized carbons (Fsp3) is 0.269. The van der Waals surface area contributed by atoms with Gasteiger partial charge in [0.15, 0.2) is 0 Å². The van der Waals surface area contributed by atoms with Crippen LogP contribution >= 0.6 is 11.6 Å². The Balaban J connectivity index is 0.000000241. The van der Waals surface area contributed by atoms with E-state index >= 15 is 0 Å². The molecule has 35 heavy (non-hydrogen) atoms. The second-order valence-electron chi connectivity index (χ2n) is 8.77. The summed E-state index contributed by atoms with van der Waals surface area (Å²) in [6.07, 6.45) is 8.33. The van der Waals surface area contributed by atoms with Gasteiger partial charge in [0.05, 0.1) is 28.0 Å². The van der Waals surface area contributed by atoms with Gasteiger partial charge in [-0.2, -0.15) is 5.10 Å². The van der Waals surface area contributed by atoms with E-state index in [2.05, 4.69) is 22.3 Å². The lowest BCUT2D eigenvalue weighted by atomic mass is 10.1. The number of nitrogens with zero attached hydrogens (tertiary/aromatic N) is 3. The summed E-state index contributed by atoms with van der Waals surface area (Å²) in [4.78, 5) is 15.1. The number of anilines is 1. The van der Waals surface area contributed by atoms with Gasteiger partial charge >= 0.3 is 0 Å². The Morgan fingerprint density at radius 2 is 1.91 bits per heavy atom. The molecular weight excluding hydrogens is 484 g/mol. The number of hydrogen-bond donors (Lipinski definition) is 1. The third-order valence-electron chi connectivity index (χ3n) is 5.12. The molecule has 1 atom stereocenters.